The zero-order valence-electron chi connectivity index (χ0n) is 10.4. The minimum Gasteiger partial charge on any atom is -0.292 e. The number of halogens is 4. The fourth-order valence-corrected chi connectivity index (χ4v) is 3.40. The molecule has 2 nitrogen and oxygen atoms in total. The van der Waals surface area contributed by atoms with Gasteiger partial charge in [-0.1, -0.05) is 49.5 Å². The second-order valence-corrected chi connectivity index (χ2v) is 6.36. The Balaban J connectivity index is 2.52. The van der Waals surface area contributed by atoms with Crippen molar-refractivity contribution in [3.8, 4) is 6.07 Å². The maximum Gasteiger partial charge on any atom is 0.185 e. The summed E-state index contributed by atoms with van der Waals surface area (Å²) in [7, 11) is 0. The normalized spacial score (nSPS) is 11.8. The molecule has 0 amide bonds. The van der Waals surface area contributed by atoms with Gasteiger partial charge < -0.3 is 0 Å². The highest BCUT2D eigenvalue weighted by Gasteiger charge is 2.28. The molecule has 6 heteroatoms. The molecule has 2 aromatic rings. The summed E-state index contributed by atoms with van der Waals surface area (Å²) < 4.78 is 15.2. The Hall–Kier alpha value is -1.22. The van der Waals surface area contributed by atoms with Gasteiger partial charge >= 0.3 is 0 Å². The Labute approximate surface area is 142 Å². The third kappa shape index (κ3) is 3.34. The van der Waals surface area contributed by atoms with E-state index in [2.05, 4.69) is 31.9 Å². The summed E-state index contributed by atoms with van der Waals surface area (Å²) in [6.45, 7) is 0. The molecule has 0 spiro atoms. The monoisotopic (exact) mass is 429 g/mol. The molecule has 21 heavy (non-hydrogen) atoms. The van der Waals surface area contributed by atoms with E-state index in [1.165, 1.54) is 18.2 Å². The summed E-state index contributed by atoms with van der Waals surface area (Å²) in [6, 6.07) is 10.8. The van der Waals surface area contributed by atoms with Crippen molar-refractivity contribution in [2.24, 2.45) is 0 Å². The van der Waals surface area contributed by atoms with Gasteiger partial charge in [-0.25, -0.2) is 4.39 Å². The molecule has 0 fully saturated rings. The molecular weight excluding hydrogens is 424 g/mol. The molecule has 106 valence electrons. The molecule has 0 aliphatic heterocycles. The Morgan fingerprint density at radius 3 is 2.57 bits per heavy atom. The van der Waals surface area contributed by atoms with Crippen molar-refractivity contribution >= 4 is 49.2 Å². The van der Waals surface area contributed by atoms with Crippen molar-refractivity contribution in [2.45, 2.75) is 5.92 Å². The van der Waals surface area contributed by atoms with Gasteiger partial charge in [0.1, 0.15) is 11.7 Å². The summed E-state index contributed by atoms with van der Waals surface area (Å²) in [5.74, 6) is -2.48. The van der Waals surface area contributed by atoms with Gasteiger partial charge in [-0.15, -0.1) is 0 Å². The Bertz CT molecular complexity index is 738. The van der Waals surface area contributed by atoms with Gasteiger partial charge in [0.25, 0.3) is 0 Å². The largest absolute Gasteiger partial charge is 0.292 e. The molecule has 0 saturated heterocycles. The molecule has 1 atom stereocenters. The van der Waals surface area contributed by atoms with Gasteiger partial charge in [-0.3, -0.25) is 4.79 Å². The number of nitrogens with zero attached hydrogens (tertiary/aromatic N) is 1. The van der Waals surface area contributed by atoms with Gasteiger partial charge in [0.05, 0.1) is 6.07 Å². The van der Waals surface area contributed by atoms with Crippen LogP contribution < -0.4 is 0 Å². The number of nitriles is 1. The molecule has 2 rings (SSSR count). The summed E-state index contributed by atoms with van der Waals surface area (Å²) in [6.07, 6.45) is 0. The molecule has 1 unspecified atom stereocenters. The first-order valence-corrected chi connectivity index (χ1v) is 7.75. The molecule has 2 aromatic carbocycles. The number of hydrogen-bond acceptors (Lipinski definition) is 2. The summed E-state index contributed by atoms with van der Waals surface area (Å²) >= 11 is 12.5. The number of hydrogen-bond donors (Lipinski definition) is 0. The van der Waals surface area contributed by atoms with E-state index in [0.717, 1.165) is 4.47 Å². The van der Waals surface area contributed by atoms with Gasteiger partial charge in [0.2, 0.25) is 0 Å². The third-order valence-electron chi connectivity index (χ3n) is 2.88. The van der Waals surface area contributed by atoms with Crippen molar-refractivity contribution in [1.82, 2.24) is 0 Å². The molecule has 0 radical (unpaired) electrons. The lowest BCUT2D eigenvalue weighted by atomic mass is 9.91. The van der Waals surface area contributed by atoms with Crippen molar-refractivity contribution < 1.29 is 9.18 Å². The molecular formula is C15H7Br2ClFNO. The fourth-order valence-electron chi connectivity index (χ4n) is 1.89. The van der Waals surface area contributed by atoms with E-state index in [9.17, 15) is 14.4 Å². The first-order chi connectivity index (χ1) is 9.95. The van der Waals surface area contributed by atoms with E-state index in [1.807, 2.05) is 6.07 Å². The molecule has 0 heterocycles. The van der Waals surface area contributed by atoms with Gasteiger partial charge in [0.15, 0.2) is 5.78 Å². The van der Waals surface area contributed by atoms with Crippen LogP contribution in [0.2, 0.25) is 5.02 Å². The maximum atomic E-state index is 13.9. The van der Waals surface area contributed by atoms with Crippen LogP contribution in [0.15, 0.2) is 45.3 Å². The third-order valence-corrected chi connectivity index (χ3v) is 4.36. The summed E-state index contributed by atoms with van der Waals surface area (Å²) in [5.41, 5.74) is 0.200. The van der Waals surface area contributed by atoms with Gasteiger partial charge in [0, 0.05) is 25.1 Å². The highest BCUT2D eigenvalue weighted by atomic mass is 79.9. The predicted octanol–water partition coefficient (Wildman–Crippen LogP) is 5.49. The van der Waals surface area contributed by atoms with Crippen molar-refractivity contribution in [3.63, 3.8) is 0 Å². The first-order valence-electron chi connectivity index (χ1n) is 5.78. The van der Waals surface area contributed by atoms with Crippen LogP contribution in [0.3, 0.4) is 0 Å². The number of rotatable bonds is 3. The van der Waals surface area contributed by atoms with Crippen LogP contribution in [-0.2, 0) is 0 Å². The molecule has 0 aliphatic rings. The van der Waals surface area contributed by atoms with Crippen LogP contribution in [0.25, 0.3) is 0 Å². The zero-order chi connectivity index (χ0) is 15.6. The summed E-state index contributed by atoms with van der Waals surface area (Å²) in [5, 5.41) is 9.34. The van der Waals surface area contributed by atoms with Gasteiger partial charge in [-0.2, -0.15) is 5.26 Å². The number of benzene rings is 2. The van der Waals surface area contributed by atoms with Gasteiger partial charge in [-0.05, 0) is 30.3 Å². The minimum absolute atomic E-state index is 0.0585. The van der Waals surface area contributed by atoms with Crippen LogP contribution in [0.5, 0.6) is 0 Å². The SMILES string of the molecule is N#CC(C(=O)c1ccc(Br)cc1Br)c1c(F)cccc1Cl. The standard InChI is InChI=1S/C15H7Br2ClFNO/c16-8-4-5-9(11(17)6-8)15(21)10(7-20)14-12(18)2-1-3-13(14)19/h1-6,10H. The van der Waals surface area contributed by atoms with E-state index in [4.69, 9.17) is 11.6 Å². The van der Waals surface area contributed by atoms with Crippen molar-refractivity contribution in [1.29, 1.82) is 5.26 Å². The van der Waals surface area contributed by atoms with Crippen LogP contribution in [-0.4, -0.2) is 5.78 Å². The van der Waals surface area contributed by atoms with Crippen LogP contribution in [0.1, 0.15) is 21.8 Å². The quantitative estimate of drug-likeness (QED) is 0.603. The van der Waals surface area contributed by atoms with E-state index in [0.29, 0.717) is 10.0 Å². The second kappa shape index (κ2) is 6.69. The van der Waals surface area contributed by atoms with E-state index >= 15 is 0 Å². The molecule has 0 aromatic heterocycles. The topological polar surface area (TPSA) is 40.9 Å². The second-order valence-electron chi connectivity index (χ2n) is 4.19. The fraction of sp³-hybridized carbons (Fsp3) is 0.0667. The molecule has 0 N–H and O–H groups in total. The minimum atomic E-state index is -1.30. The highest BCUT2D eigenvalue weighted by Crippen LogP contribution is 2.32. The van der Waals surface area contributed by atoms with E-state index in [-0.39, 0.29) is 10.6 Å². The Morgan fingerprint density at radius 2 is 2.00 bits per heavy atom. The lowest BCUT2D eigenvalue weighted by Gasteiger charge is -2.12. The lowest BCUT2D eigenvalue weighted by molar-refractivity contribution is 0.0976. The van der Waals surface area contributed by atoms with E-state index < -0.39 is 17.5 Å². The number of Topliss-reactive ketones (excluding diaryl/α,β-unsaturated/α-hetero) is 1. The van der Waals surface area contributed by atoms with Crippen molar-refractivity contribution in [3.05, 3.63) is 67.3 Å². The van der Waals surface area contributed by atoms with Crippen LogP contribution in [0.4, 0.5) is 4.39 Å². The summed E-state index contributed by atoms with van der Waals surface area (Å²) in [4.78, 5) is 12.5. The number of carbonyl (C=O) groups is 1. The lowest BCUT2D eigenvalue weighted by Crippen LogP contribution is -2.14. The first kappa shape index (κ1) is 16.2. The molecule has 0 aliphatic carbocycles. The van der Waals surface area contributed by atoms with Crippen LogP contribution in [0, 0.1) is 17.1 Å². The Morgan fingerprint density at radius 1 is 1.29 bits per heavy atom. The van der Waals surface area contributed by atoms with E-state index in [1.54, 1.807) is 18.2 Å². The smallest absolute Gasteiger partial charge is 0.185 e. The average Bonchev–Trinajstić information content (AvgIpc) is 2.42. The molecule has 0 bridgehead atoms. The maximum absolute atomic E-state index is 13.9. The number of carbonyl (C=O) groups excluding carboxylic acids is 1. The average molecular weight is 431 g/mol. The van der Waals surface area contributed by atoms with Crippen molar-refractivity contribution in [2.75, 3.05) is 0 Å². The molecule has 0 saturated carbocycles. The highest BCUT2D eigenvalue weighted by molar-refractivity contribution is 9.11. The zero-order valence-corrected chi connectivity index (χ0v) is 14.3. The predicted molar refractivity (Wildman–Crippen MR) is 85.9 cm³/mol. The number of ketones is 1. The Kier molecular flexibility index (Phi) is 5.15. The van der Waals surface area contributed by atoms with Crippen LogP contribution >= 0.6 is 43.5 Å².